The van der Waals surface area contributed by atoms with E-state index in [-0.39, 0.29) is 12.6 Å². The van der Waals surface area contributed by atoms with Crippen molar-refractivity contribution in [3.63, 3.8) is 0 Å². The fourth-order valence-electron chi connectivity index (χ4n) is 4.45. The highest BCUT2D eigenvalue weighted by Gasteiger charge is 2.42. The molecule has 166 valence electrons. The van der Waals surface area contributed by atoms with Gasteiger partial charge in [-0.1, -0.05) is 18.9 Å². The molecule has 2 fully saturated rings. The monoisotopic (exact) mass is 423 g/mol. The molecule has 1 amide bonds. The predicted octanol–water partition coefficient (Wildman–Crippen LogP) is 3.32. The molecule has 4 N–H and O–H groups in total. The lowest BCUT2D eigenvalue weighted by molar-refractivity contribution is -0.136. The third-order valence-electron chi connectivity index (χ3n) is 6.07. The van der Waals surface area contributed by atoms with E-state index in [2.05, 4.69) is 21.9 Å². The third-order valence-corrected chi connectivity index (χ3v) is 6.07. The number of nitrogens with two attached hydrogens (primary N) is 1. The number of carbonyl (C=O) groups excluding carboxylic acids is 1. The molecule has 31 heavy (non-hydrogen) atoms. The molecule has 3 rings (SSSR count). The number of hydrogen-bond donors (Lipinski definition) is 3. The van der Waals surface area contributed by atoms with E-state index in [1.165, 1.54) is 19.1 Å². The quantitative estimate of drug-likeness (QED) is 0.481. The number of amides is 1. The Labute approximate surface area is 184 Å². The van der Waals surface area contributed by atoms with Crippen LogP contribution in [0.4, 0.5) is 11.4 Å². The zero-order valence-corrected chi connectivity index (χ0v) is 18.7. The highest BCUT2D eigenvalue weighted by molar-refractivity contribution is 6.04. The number of nitrogens with one attached hydrogen (secondary N) is 2. The average molecular weight is 424 g/mol. The molecule has 8 nitrogen and oxygen atoms in total. The number of anilines is 2. The lowest BCUT2D eigenvalue weighted by Gasteiger charge is -2.34. The van der Waals surface area contributed by atoms with Gasteiger partial charge in [0.25, 0.3) is 0 Å². The Bertz CT molecular complexity index is 913. The minimum Gasteiger partial charge on any atom is -0.398 e. The van der Waals surface area contributed by atoms with Crippen LogP contribution in [-0.4, -0.2) is 60.8 Å². The van der Waals surface area contributed by atoms with E-state index in [0.717, 1.165) is 24.4 Å². The minimum absolute atomic E-state index is 0.0329. The van der Waals surface area contributed by atoms with Crippen LogP contribution in [0.2, 0.25) is 0 Å². The molecule has 2 aliphatic rings. The number of nitrogens with zero attached hydrogens (tertiary/aromatic N) is 4. The molecule has 1 aliphatic heterocycles. The lowest BCUT2D eigenvalue weighted by atomic mass is 9.91. The molecule has 1 saturated carbocycles. The Kier molecular flexibility index (Phi) is 6.77. The number of likely N-dealkylation sites (N-methyl/N-ethyl adjacent to an activating group) is 1. The summed E-state index contributed by atoms with van der Waals surface area (Å²) in [6, 6.07) is 5.83. The van der Waals surface area contributed by atoms with Gasteiger partial charge in [0.2, 0.25) is 5.91 Å². The summed E-state index contributed by atoms with van der Waals surface area (Å²) in [5, 5.41) is 10.9. The van der Waals surface area contributed by atoms with Gasteiger partial charge >= 0.3 is 0 Å². The Morgan fingerprint density at radius 1 is 1.35 bits per heavy atom. The first-order valence-electron chi connectivity index (χ1n) is 10.7. The standard InChI is InChI=1S/C23H33N7O/c1-23(2)14-30(16-8-5-6-9-16)21(20(13-26-3)29(4)22(23)31)28-15-27-19-11-7-10-18(25)17(19)12-24/h7,10-13,16,24,27H,3,5-6,8-9,14-15,25H2,1-2,4H3/b20-13+,24-12?,28-21+. The van der Waals surface area contributed by atoms with E-state index in [1.54, 1.807) is 24.2 Å². The largest absolute Gasteiger partial charge is 0.398 e. The van der Waals surface area contributed by atoms with E-state index >= 15 is 0 Å². The van der Waals surface area contributed by atoms with Gasteiger partial charge in [0.1, 0.15) is 12.4 Å². The van der Waals surface area contributed by atoms with Crippen molar-refractivity contribution in [3.8, 4) is 0 Å². The summed E-state index contributed by atoms with van der Waals surface area (Å²) in [4.78, 5) is 25.9. The van der Waals surface area contributed by atoms with Crippen molar-refractivity contribution in [1.29, 1.82) is 5.41 Å². The molecule has 8 heteroatoms. The zero-order valence-electron chi connectivity index (χ0n) is 18.7. The third kappa shape index (κ3) is 4.62. The molecule has 1 aromatic rings. The maximum atomic E-state index is 13.2. The van der Waals surface area contributed by atoms with Gasteiger partial charge < -0.3 is 26.3 Å². The second kappa shape index (κ2) is 9.32. The van der Waals surface area contributed by atoms with E-state index in [0.29, 0.717) is 29.5 Å². The van der Waals surface area contributed by atoms with E-state index in [9.17, 15) is 4.79 Å². The highest BCUT2D eigenvalue weighted by atomic mass is 16.2. The molecule has 1 aromatic carbocycles. The molecule has 1 saturated heterocycles. The first kappa shape index (κ1) is 22.5. The molecule has 0 radical (unpaired) electrons. The van der Waals surface area contributed by atoms with Crippen LogP contribution in [0.25, 0.3) is 0 Å². The van der Waals surface area contributed by atoms with Gasteiger partial charge in [-0.15, -0.1) is 0 Å². The average Bonchev–Trinajstić information content (AvgIpc) is 3.26. The number of nitrogen functional groups attached to an aromatic ring is 1. The van der Waals surface area contributed by atoms with Crippen molar-refractivity contribution in [2.24, 2.45) is 15.4 Å². The molecule has 0 atom stereocenters. The van der Waals surface area contributed by atoms with Crippen molar-refractivity contribution < 1.29 is 4.79 Å². The van der Waals surface area contributed by atoms with Crippen molar-refractivity contribution in [1.82, 2.24) is 9.80 Å². The fourth-order valence-corrected chi connectivity index (χ4v) is 4.45. The summed E-state index contributed by atoms with van der Waals surface area (Å²) < 4.78 is 0. The Morgan fingerprint density at radius 2 is 2.06 bits per heavy atom. The Morgan fingerprint density at radius 3 is 2.71 bits per heavy atom. The normalized spacial score (nSPS) is 22.1. The molecule has 1 heterocycles. The number of amidine groups is 1. The van der Waals surface area contributed by atoms with Crippen molar-refractivity contribution in [3.05, 3.63) is 35.7 Å². The number of rotatable bonds is 6. The van der Waals surface area contributed by atoms with Crippen LogP contribution < -0.4 is 11.1 Å². The minimum atomic E-state index is -0.552. The van der Waals surface area contributed by atoms with Crippen LogP contribution >= 0.6 is 0 Å². The van der Waals surface area contributed by atoms with Crippen LogP contribution in [0, 0.1) is 10.8 Å². The van der Waals surface area contributed by atoms with Crippen molar-refractivity contribution in [2.75, 3.05) is 31.3 Å². The molecule has 1 aliphatic carbocycles. The van der Waals surface area contributed by atoms with Crippen molar-refractivity contribution in [2.45, 2.75) is 45.6 Å². The SMILES string of the molecule is C=N/C=C1\C(=N/CNc2cccc(N)c2C=N)N(C2CCCC2)CC(C)(C)C(=O)N1C. The van der Waals surface area contributed by atoms with E-state index < -0.39 is 5.41 Å². The smallest absolute Gasteiger partial charge is 0.234 e. The van der Waals surface area contributed by atoms with Gasteiger partial charge in [0, 0.05) is 42.8 Å². The topological polar surface area (TPSA) is 110 Å². The van der Waals surface area contributed by atoms with Gasteiger partial charge in [0.15, 0.2) is 5.84 Å². The molecular formula is C23H33N7O. The van der Waals surface area contributed by atoms with Crippen LogP contribution in [0.3, 0.4) is 0 Å². The Balaban J connectivity index is 1.99. The predicted molar refractivity (Wildman–Crippen MR) is 128 cm³/mol. The van der Waals surface area contributed by atoms with Crippen LogP contribution in [-0.2, 0) is 4.79 Å². The molecule has 0 aromatic heterocycles. The maximum absolute atomic E-state index is 13.2. The molecule has 0 unspecified atom stereocenters. The van der Waals surface area contributed by atoms with E-state index in [4.69, 9.17) is 16.1 Å². The molecule has 0 bridgehead atoms. The van der Waals surface area contributed by atoms with Gasteiger partial charge in [-0.3, -0.25) is 9.79 Å². The summed E-state index contributed by atoms with van der Waals surface area (Å²) in [7, 11) is 1.77. The first-order valence-corrected chi connectivity index (χ1v) is 10.7. The van der Waals surface area contributed by atoms with Crippen LogP contribution in [0.5, 0.6) is 0 Å². The second-order valence-corrected chi connectivity index (χ2v) is 8.78. The summed E-state index contributed by atoms with van der Waals surface area (Å²) in [6.45, 7) is 8.45. The van der Waals surface area contributed by atoms with Crippen molar-refractivity contribution >= 4 is 36.0 Å². The Hall–Kier alpha value is -3.16. The van der Waals surface area contributed by atoms with Gasteiger partial charge in [-0.25, -0.2) is 4.99 Å². The number of aliphatic imine (C=N–C) groups is 2. The fraction of sp³-hybridized carbons (Fsp3) is 0.478. The highest BCUT2D eigenvalue weighted by Crippen LogP contribution is 2.34. The van der Waals surface area contributed by atoms with Gasteiger partial charge in [0.05, 0.1) is 11.6 Å². The summed E-state index contributed by atoms with van der Waals surface area (Å²) in [5.74, 6) is 0.777. The summed E-state index contributed by atoms with van der Waals surface area (Å²) in [6.07, 6.45) is 7.39. The van der Waals surface area contributed by atoms with Gasteiger partial charge in [-0.2, -0.15) is 0 Å². The zero-order chi connectivity index (χ0) is 22.6. The maximum Gasteiger partial charge on any atom is 0.234 e. The number of hydrogen-bond acceptors (Lipinski definition) is 6. The molecule has 0 spiro atoms. The second-order valence-electron chi connectivity index (χ2n) is 8.78. The van der Waals surface area contributed by atoms with Gasteiger partial charge in [-0.05, 0) is 45.5 Å². The van der Waals surface area contributed by atoms with Crippen LogP contribution in [0.1, 0.15) is 45.1 Å². The number of benzene rings is 1. The summed E-state index contributed by atoms with van der Waals surface area (Å²) in [5.41, 5.74) is 8.01. The number of carbonyl (C=O) groups is 1. The molecular weight excluding hydrogens is 390 g/mol. The van der Waals surface area contributed by atoms with E-state index in [1.807, 2.05) is 26.0 Å². The van der Waals surface area contributed by atoms with Crippen LogP contribution in [0.15, 0.2) is 40.1 Å². The first-order chi connectivity index (χ1) is 14.8. The lowest BCUT2D eigenvalue weighted by Crippen LogP contribution is -2.44. The summed E-state index contributed by atoms with van der Waals surface area (Å²) >= 11 is 0.